The van der Waals surface area contributed by atoms with Gasteiger partial charge < -0.3 is 20.3 Å². The van der Waals surface area contributed by atoms with E-state index >= 15 is 0 Å². The molecule has 3 N–H and O–H groups in total. The van der Waals surface area contributed by atoms with Crippen molar-refractivity contribution in [1.82, 2.24) is 4.90 Å². The minimum atomic E-state index is 0.155. The highest BCUT2D eigenvalue weighted by Gasteiger charge is 2.15. The standard InChI is InChI=1S/C16H26N2O3/c17-7-8-18(9-10-19)12-14-3-5-15(6-4-14)21-13-16-2-1-11-20-16/h3-6,16,19H,1-2,7-13,17H2. The maximum Gasteiger partial charge on any atom is 0.119 e. The van der Waals surface area contributed by atoms with Gasteiger partial charge in [-0.2, -0.15) is 0 Å². The fourth-order valence-corrected chi connectivity index (χ4v) is 2.51. The maximum atomic E-state index is 9.04. The molecule has 0 bridgehead atoms. The molecule has 1 saturated heterocycles. The van der Waals surface area contributed by atoms with Gasteiger partial charge in [0.15, 0.2) is 0 Å². The maximum absolute atomic E-state index is 9.04. The van der Waals surface area contributed by atoms with E-state index < -0.39 is 0 Å². The van der Waals surface area contributed by atoms with Gasteiger partial charge in [-0.15, -0.1) is 0 Å². The van der Waals surface area contributed by atoms with Crippen molar-refractivity contribution in [3.8, 4) is 5.75 Å². The Labute approximate surface area is 126 Å². The second kappa shape index (κ2) is 9.00. The lowest BCUT2D eigenvalue weighted by Gasteiger charge is -2.20. The average Bonchev–Trinajstić information content (AvgIpc) is 3.00. The van der Waals surface area contributed by atoms with Crippen LogP contribution >= 0.6 is 0 Å². The Balaban J connectivity index is 1.79. The Kier molecular flexibility index (Phi) is 6.95. The van der Waals surface area contributed by atoms with Gasteiger partial charge in [-0.1, -0.05) is 12.1 Å². The lowest BCUT2D eigenvalue weighted by atomic mass is 10.2. The van der Waals surface area contributed by atoms with Crippen molar-refractivity contribution in [2.75, 3.05) is 39.5 Å². The molecule has 5 heteroatoms. The van der Waals surface area contributed by atoms with Crippen LogP contribution in [0, 0.1) is 0 Å². The molecule has 5 nitrogen and oxygen atoms in total. The smallest absolute Gasteiger partial charge is 0.119 e. The quantitative estimate of drug-likeness (QED) is 0.711. The van der Waals surface area contributed by atoms with Crippen LogP contribution in [0.1, 0.15) is 18.4 Å². The fraction of sp³-hybridized carbons (Fsp3) is 0.625. The van der Waals surface area contributed by atoms with E-state index in [0.29, 0.717) is 19.7 Å². The summed E-state index contributed by atoms with van der Waals surface area (Å²) in [6.07, 6.45) is 2.47. The SMILES string of the molecule is NCCN(CCO)Cc1ccc(OCC2CCCO2)cc1. The third kappa shape index (κ3) is 5.63. The first-order chi connectivity index (χ1) is 10.3. The van der Waals surface area contributed by atoms with E-state index in [1.165, 1.54) is 5.56 Å². The molecule has 0 aliphatic carbocycles. The van der Waals surface area contributed by atoms with E-state index in [1.54, 1.807) is 0 Å². The first-order valence-electron chi connectivity index (χ1n) is 7.68. The lowest BCUT2D eigenvalue weighted by Crippen LogP contribution is -2.31. The predicted octanol–water partition coefficient (Wildman–Crippen LogP) is 0.997. The summed E-state index contributed by atoms with van der Waals surface area (Å²) in [5.41, 5.74) is 6.78. The Morgan fingerprint density at radius 1 is 1.29 bits per heavy atom. The van der Waals surface area contributed by atoms with Crippen molar-refractivity contribution in [2.45, 2.75) is 25.5 Å². The largest absolute Gasteiger partial charge is 0.491 e. The number of aliphatic hydroxyl groups excluding tert-OH is 1. The molecule has 0 aromatic heterocycles. The van der Waals surface area contributed by atoms with Crippen LogP contribution in [-0.2, 0) is 11.3 Å². The van der Waals surface area contributed by atoms with Crippen LogP contribution in [0.4, 0.5) is 0 Å². The Morgan fingerprint density at radius 3 is 2.71 bits per heavy atom. The molecular formula is C16H26N2O3. The average molecular weight is 294 g/mol. The summed E-state index contributed by atoms with van der Waals surface area (Å²) < 4.78 is 11.3. The van der Waals surface area contributed by atoms with Crippen LogP contribution in [0.3, 0.4) is 0 Å². The molecule has 1 heterocycles. The molecule has 1 aromatic rings. The summed E-state index contributed by atoms with van der Waals surface area (Å²) in [7, 11) is 0. The second-order valence-electron chi connectivity index (χ2n) is 5.38. The van der Waals surface area contributed by atoms with Gasteiger partial charge in [-0.25, -0.2) is 0 Å². The number of rotatable bonds is 9. The highest BCUT2D eigenvalue weighted by atomic mass is 16.5. The first-order valence-corrected chi connectivity index (χ1v) is 7.68. The van der Waals surface area contributed by atoms with Crippen molar-refractivity contribution in [3.05, 3.63) is 29.8 Å². The Hall–Kier alpha value is -1.14. The summed E-state index contributed by atoms with van der Waals surface area (Å²) in [6.45, 7) is 4.47. The molecule has 2 rings (SSSR count). The summed E-state index contributed by atoms with van der Waals surface area (Å²) in [5.74, 6) is 0.877. The Morgan fingerprint density at radius 2 is 2.10 bits per heavy atom. The summed E-state index contributed by atoms with van der Waals surface area (Å²) in [6, 6.07) is 8.10. The molecule has 118 valence electrons. The second-order valence-corrected chi connectivity index (χ2v) is 5.38. The minimum Gasteiger partial charge on any atom is -0.491 e. The van der Waals surface area contributed by atoms with Gasteiger partial charge in [0.1, 0.15) is 12.4 Å². The summed E-state index contributed by atoms with van der Waals surface area (Å²) in [4.78, 5) is 2.14. The number of nitrogens with two attached hydrogens (primary N) is 1. The normalized spacial score (nSPS) is 18.3. The predicted molar refractivity (Wildman–Crippen MR) is 82.3 cm³/mol. The van der Waals surface area contributed by atoms with Crippen LogP contribution in [0.2, 0.25) is 0 Å². The van der Waals surface area contributed by atoms with E-state index in [0.717, 1.165) is 38.3 Å². The van der Waals surface area contributed by atoms with Crippen molar-refractivity contribution in [1.29, 1.82) is 0 Å². The molecule has 1 aromatic carbocycles. The van der Waals surface area contributed by atoms with E-state index in [1.807, 2.05) is 12.1 Å². The summed E-state index contributed by atoms with van der Waals surface area (Å²) in [5, 5.41) is 9.04. The zero-order valence-electron chi connectivity index (χ0n) is 12.5. The molecule has 1 fully saturated rings. The highest BCUT2D eigenvalue weighted by Crippen LogP contribution is 2.17. The number of hydrogen-bond donors (Lipinski definition) is 2. The number of ether oxygens (including phenoxy) is 2. The van der Waals surface area contributed by atoms with Gasteiger partial charge in [0, 0.05) is 32.8 Å². The third-order valence-corrected chi connectivity index (χ3v) is 3.65. The molecule has 0 amide bonds. The van der Waals surface area contributed by atoms with E-state index in [4.69, 9.17) is 20.3 Å². The molecule has 0 spiro atoms. The topological polar surface area (TPSA) is 68.0 Å². The minimum absolute atomic E-state index is 0.155. The van der Waals surface area contributed by atoms with Gasteiger partial charge in [0.25, 0.3) is 0 Å². The molecule has 21 heavy (non-hydrogen) atoms. The van der Waals surface area contributed by atoms with Crippen LogP contribution in [0.25, 0.3) is 0 Å². The van der Waals surface area contributed by atoms with Gasteiger partial charge in [0.05, 0.1) is 12.7 Å². The number of benzene rings is 1. The zero-order valence-corrected chi connectivity index (χ0v) is 12.5. The van der Waals surface area contributed by atoms with Crippen molar-refractivity contribution in [3.63, 3.8) is 0 Å². The fourth-order valence-electron chi connectivity index (χ4n) is 2.51. The van der Waals surface area contributed by atoms with Gasteiger partial charge >= 0.3 is 0 Å². The van der Waals surface area contributed by atoms with Crippen molar-refractivity contribution in [2.24, 2.45) is 5.73 Å². The van der Waals surface area contributed by atoms with E-state index in [-0.39, 0.29) is 12.7 Å². The zero-order chi connectivity index (χ0) is 14.9. The van der Waals surface area contributed by atoms with Gasteiger partial charge in [-0.05, 0) is 30.5 Å². The lowest BCUT2D eigenvalue weighted by molar-refractivity contribution is 0.0679. The molecule has 1 aliphatic rings. The number of nitrogens with zero attached hydrogens (tertiary/aromatic N) is 1. The van der Waals surface area contributed by atoms with Crippen LogP contribution in [0.5, 0.6) is 5.75 Å². The number of aliphatic hydroxyl groups is 1. The van der Waals surface area contributed by atoms with E-state index in [2.05, 4.69) is 17.0 Å². The number of hydrogen-bond acceptors (Lipinski definition) is 5. The first kappa shape index (κ1) is 16.2. The van der Waals surface area contributed by atoms with Crippen LogP contribution < -0.4 is 10.5 Å². The molecule has 0 radical (unpaired) electrons. The van der Waals surface area contributed by atoms with Crippen LogP contribution in [-0.4, -0.2) is 55.6 Å². The molecule has 0 saturated carbocycles. The molecule has 1 unspecified atom stereocenters. The van der Waals surface area contributed by atoms with Crippen molar-refractivity contribution >= 4 is 0 Å². The molecular weight excluding hydrogens is 268 g/mol. The third-order valence-electron chi connectivity index (χ3n) is 3.65. The Bertz CT molecular complexity index is 385. The van der Waals surface area contributed by atoms with Crippen LogP contribution in [0.15, 0.2) is 24.3 Å². The van der Waals surface area contributed by atoms with Crippen molar-refractivity contribution < 1.29 is 14.6 Å². The van der Waals surface area contributed by atoms with Gasteiger partial charge in [-0.3, -0.25) is 4.90 Å². The summed E-state index contributed by atoms with van der Waals surface area (Å²) >= 11 is 0. The van der Waals surface area contributed by atoms with E-state index in [9.17, 15) is 0 Å². The molecule has 1 atom stereocenters. The highest BCUT2D eigenvalue weighted by molar-refractivity contribution is 5.27. The van der Waals surface area contributed by atoms with Gasteiger partial charge in [0.2, 0.25) is 0 Å². The monoisotopic (exact) mass is 294 g/mol. The molecule has 1 aliphatic heterocycles.